The van der Waals surface area contributed by atoms with Crippen molar-refractivity contribution >= 4 is 34.5 Å². The first-order valence-electron chi connectivity index (χ1n) is 6.12. The summed E-state index contributed by atoms with van der Waals surface area (Å²) in [4.78, 5) is 7.32. The lowest BCUT2D eigenvalue weighted by Gasteiger charge is -2.05. The minimum atomic E-state index is -0.276. The number of aromatic hydroxyl groups is 2. The van der Waals surface area contributed by atoms with Crippen LogP contribution in [-0.4, -0.2) is 25.3 Å². The Bertz CT molecular complexity index is 822. The SMILES string of the molecule is O/C(=C\c1nc2ccccc2[nH]1)c1cc(Cl)c(O)cc1O. The Labute approximate surface area is 124 Å². The normalized spacial score (nSPS) is 12.0. The van der Waals surface area contributed by atoms with Gasteiger partial charge < -0.3 is 20.3 Å². The summed E-state index contributed by atoms with van der Waals surface area (Å²) in [6.07, 6.45) is 1.38. The molecular weight excluding hydrogens is 292 g/mol. The first kappa shape index (κ1) is 13.3. The first-order chi connectivity index (χ1) is 10.0. The van der Waals surface area contributed by atoms with Gasteiger partial charge in [0.1, 0.15) is 23.1 Å². The molecule has 0 aliphatic carbocycles. The third kappa shape index (κ3) is 2.51. The van der Waals surface area contributed by atoms with E-state index in [4.69, 9.17) is 11.6 Å². The third-order valence-electron chi connectivity index (χ3n) is 3.02. The number of aliphatic hydroxyl groups is 1. The van der Waals surface area contributed by atoms with E-state index in [9.17, 15) is 15.3 Å². The predicted molar refractivity (Wildman–Crippen MR) is 81.4 cm³/mol. The van der Waals surface area contributed by atoms with E-state index in [1.807, 2.05) is 24.3 Å². The van der Waals surface area contributed by atoms with E-state index in [-0.39, 0.29) is 27.8 Å². The molecule has 106 valence electrons. The molecule has 0 atom stereocenters. The number of aliphatic hydroxyl groups excluding tert-OH is 1. The Morgan fingerprint density at radius 2 is 1.90 bits per heavy atom. The molecule has 1 aromatic heterocycles. The lowest BCUT2D eigenvalue weighted by molar-refractivity contribution is 0.443. The van der Waals surface area contributed by atoms with Gasteiger partial charge in [-0.05, 0) is 18.2 Å². The topological polar surface area (TPSA) is 89.4 Å². The highest BCUT2D eigenvalue weighted by atomic mass is 35.5. The van der Waals surface area contributed by atoms with E-state index in [2.05, 4.69) is 9.97 Å². The van der Waals surface area contributed by atoms with E-state index >= 15 is 0 Å². The molecule has 21 heavy (non-hydrogen) atoms. The molecule has 3 rings (SSSR count). The van der Waals surface area contributed by atoms with Gasteiger partial charge in [0.2, 0.25) is 0 Å². The lowest BCUT2D eigenvalue weighted by Crippen LogP contribution is -1.86. The van der Waals surface area contributed by atoms with E-state index < -0.39 is 0 Å². The highest BCUT2D eigenvalue weighted by Gasteiger charge is 2.11. The number of nitrogens with one attached hydrogen (secondary N) is 1. The summed E-state index contributed by atoms with van der Waals surface area (Å²) in [5, 5.41) is 29.3. The van der Waals surface area contributed by atoms with Gasteiger partial charge in [-0.15, -0.1) is 0 Å². The molecule has 0 spiro atoms. The van der Waals surface area contributed by atoms with Gasteiger partial charge in [0.05, 0.1) is 21.6 Å². The summed E-state index contributed by atoms with van der Waals surface area (Å²) in [5.74, 6) is -0.304. The van der Waals surface area contributed by atoms with Crippen molar-refractivity contribution in [2.45, 2.75) is 0 Å². The Morgan fingerprint density at radius 3 is 2.67 bits per heavy atom. The molecule has 0 radical (unpaired) electrons. The number of aromatic amines is 1. The molecule has 5 nitrogen and oxygen atoms in total. The zero-order valence-electron chi connectivity index (χ0n) is 10.7. The van der Waals surface area contributed by atoms with Gasteiger partial charge in [0, 0.05) is 12.1 Å². The fraction of sp³-hybridized carbons (Fsp3) is 0. The summed E-state index contributed by atoms with van der Waals surface area (Å²) in [6, 6.07) is 9.79. The van der Waals surface area contributed by atoms with Crippen molar-refractivity contribution in [3.8, 4) is 11.5 Å². The molecule has 3 aromatic rings. The number of para-hydroxylation sites is 2. The van der Waals surface area contributed by atoms with Crippen molar-refractivity contribution < 1.29 is 15.3 Å². The maximum absolute atomic E-state index is 10.1. The van der Waals surface area contributed by atoms with Crippen molar-refractivity contribution in [1.29, 1.82) is 0 Å². The van der Waals surface area contributed by atoms with Crippen molar-refractivity contribution in [2.24, 2.45) is 0 Å². The molecule has 0 fully saturated rings. The molecule has 0 bridgehead atoms. The zero-order valence-corrected chi connectivity index (χ0v) is 11.5. The summed E-state index contributed by atoms with van der Waals surface area (Å²) < 4.78 is 0. The first-order valence-corrected chi connectivity index (χ1v) is 6.49. The van der Waals surface area contributed by atoms with E-state index in [1.54, 1.807) is 0 Å². The number of aromatic nitrogens is 2. The van der Waals surface area contributed by atoms with Crippen LogP contribution in [0.5, 0.6) is 11.5 Å². The fourth-order valence-electron chi connectivity index (χ4n) is 2.00. The van der Waals surface area contributed by atoms with Gasteiger partial charge in [-0.3, -0.25) is 0 Å². The number of halogens is 1. The molecule has 6 heteroatoms. The molecule has 0 aliphatic heterocycles. The fourth-order valence-corrected chi connectivity index (χ4v) is 2.17. The minimum Gasteiger partial charge on any atom is -0.507 e. The second-order valence-electron chi connectivity index (χ2n) is 4.49. The summed E-state index contributed by atoms with van der Waals surface area (Å²) in [7, 11) is 0. The number of phenols is 2. The number of hydrogen-bond donors (Lipinski definition) is 4. The predicted octanol–water partition coefficient (Wildman–Crippen LogP) is 3.68. The lowest BCUT2D eigenvalue weighted by atomic mass is 10.1. The van der Waals surface area contributed by atoms with Crippen LogP contribution in [0.25, 0.3) is 22.9 Å². The smallest absolute Gasteiger partial charge is 0.137 e. The number of rotatable bonds is 2. The Hall–Kier alpha value is -2.66. The van der Waals surface area contributed by atoms with Crippen LogP contribution in [-0.2, 0) is 0 Å². The Kier molecular flexibility index (Phi) is 3.19. The van der Waals surface area contributed by atoms with E-state index in [0.29, 0.717) is 5.82 Å². The van der Waals surface area contributed by atoms with Crippen molar-refractivity contribution in [1.82, 2.24) is 9.97 Å². The number of H-pyrrole nitrogens is 1. The van der Waals surface area contributed by atoms with Crippen LogP contribution in [0.3, 0.4) is 0 Å². The van der Waals surface area contributed by atoms with E-state index in [1.165, 1.54) is 12.1 Å². The monoisotopic (exact) mass is 302 g/mol. The number of benzene rings is 2. The number of nitrogens with zero attached hydrogens (tertiary/aromatic N) is 1. The zero-order chi connectivity index (χ0) is 15.0. The van der Waals surface area contributed by atoms with Gasteiger partial charge >= 0.3 is 0 Å². The number of imidazole rings is 1. The summed E-state index contributed by atoms with van der Waals surface area (Å²) in [6.45, 7) is 0. The largest absolute Gasteiger partial charge is 0.507 e. The van der Waals surface area contributed by atoms with Gasteiger partial charge in [0.25, 0.3) is 0 Å². The van der Waals surface area contributed by atoms with Crippen molar-refractivity contribution in [2.75, 3.05) is 0 Å². The van der Waals surface area contributed by atoms with Crippen LogP contribution < -0.4 is 0 Å². The average Bonchev–Trinajstić information content (AvgIpc) is 2.84. The van der Waals surface area contributed by atoms with Gasteiger partial charge in [-0.25, -0.2) is 4.98 Å². The highest BCUT2D eigenvalue weighted by Crippen LogP contribution is 2.34. The summed E-state index contributed by atoms with van der Waals surface area (Å²) in [5.41, 5.74) is 1.72. The van der Waals surface area contributed by atoms with Crippen LogP contribution in [0.4, 0.5) is 0 Å². The maximum atomic E-state index is 10.1. The maximum Gasteiger partial charge on any atom is 0.137 e. The Morgan fingerprint density at radius 1 is 1.14 bits per heavy atom. The number of phenolic OH excluding ortho intramolecular Hbond substituents is 2. The quantitative estimate of drug-likeness (QED) is 0.544. The molecule has 0 saturated carbocycles. The molecule has 0 saturated heterocycles. The van der Waals surface area contributed by atoms with Crippen LogP contribution in [0, 0.1) is 0 Å². The van der Waals surface area contributed by atoms with Crippen LogP contribution in [0.15, 0.2) is 36.4 Å². The summed E-state index contributed by atoms with van der Waals surface area (Å²) >= 11 is 5.77. The second-order valence-corrected chi connectivity index (χ2v) is 4.90. The standard InChI is InChI=1S/C15H11ClN2O3/c16-9-5-8(12(19)6-14(9)21)13(20)7-15-17-10-3-1-2-4-11(10)18-15/h1-7,19-21H,(H,17,18)/b13-7-. The van der Waals surface area contributed by atoms with Crippen molar-refractivity contribution in [3.05, 3.63) is 52.8 Å². The van der Waals surface area contributed by atoms with Gasteiger partial charge in [0.15, 0.2) is 0 Å². The van der Waals surface area contributed by atoms with Crippen molar-refractivity contribution in [3.63, 3.8) is 0 Å². The molecule has 0 unspecified atom stereocenters. The molecule has 0 aliphatic rings. The minimum absolute atomic E-state index is 0.0346. The van der Waals surface area contributed by atoms with Crippen LogP contribution >= 0.6 is 11.6 Å². The van der Waals surface area contributed by atoms with Gasteiger partial charge in [-0.2, -0.15) is 0 Å². The molecule has 1 heterocycles. The number of hydrogen-bond acceptors (Lipinski definition) is 4. The third-order valence-corrected chi connectivity index (χ3v) is 3.32. The molecule has 2 aromatic carbocycles. The second kappa shape index (κ2) is 5.03. The van der Waals surface area contributed by atoms with Crippen LogP contribution in [0.1, 0.15) is 11.4 Å². The Balaban J connectivity index is 2.04. The van der Waals surface area contributed by atoms with Gasteiger partial charge in [-0.1, -0.05) is 23.7 Å². The van der Waals surface area contributed by atoms with Crippen LogP contribution in [0.2, 0.25) is 5.02 Å². The highest BCUT2D eigenvalue weighted by molar-refractivity contribution is 6.32. The van der Waals surface area contributed by atoms with E-state index in [0.717, 1.165) is 17.1 Å². The number of fused-ring (bicyclic) bond motifs is 1. The molecular formula is C15H11ClN2O3. The molecule has 0 amide bonds. The average molecular weight is 303 g/mol. The molecule has 4 N–H and O–H groups in total.